The molecular formula is C27H42N2O. The molecule has 3 nitrogen and oxygen atoms in total. The van der Waals surface area contributed by atoms with Crippen molar-refractivity contribution >= 4 is 12.0 Å². The highest BCUT2D eigenvalue weighted by molar-refractivity contribution is 5.79. The molecule has 30 heavy (non-hydrogen) atoms. The first-order valence-corrected chi connectivity index (χ1v) is 12.5. The molecule has 1 amide bonds. The Kier molecular flexibility index (Phi) is 9.95. The van der Waals surface area contributed by atoms with Crippen LogP contribution in [0.2, 0.25) is 0 Å². The molecule has 0 bridgehead atoms. The highest BCUT2D eigenvalue weighted by atomic mass is 16.2. The summed E-state index contributed by atoms with van der Waals surface area (Å²) in [5.74, 6) is 1.34. The number of piperidine rings is 1. The van der Waals surface area contributed by atoms with E-state index in [4.69, 9.17) is 0 Å². The van der Waals surface area contributed by atoms with Gasteiger partial charge in [-0.25, -0.2) is 0 Å². The summed E-state index contributed by atoms with van der Waals surface area (Å²) in [6.07, 6.45) is 15.5. The third kappa shape index (κ3) is 7.58. The zero-order chi connectivity index (χ0) is 21.0. The highest BCUT2D eigenvalue weighted by Gasteiger charge is 2.28. The molecule has 1 N–H and O–H groups in total. The van der Waals surface area contributed by atoms with Crippen LogP contribution in [0.4, 0.5) is 0 Å². The first kappa shape index (κ1) is 23.1. The molecule has 0 spiro atoms. The van der Waals surface area contributed by atoms with Gasteiger partial charge in [-0.3, -0.25) is 4.79 Å². The maximum absolute atomic E-state index is 13.6. The summed E-state index contributed by atoms with van der Waals surface area (Å²) in [7, 11) is 0. The average molecular weight is 411 g/mol. The number of unbranched alkanes of at least 4 members (excludes halogenated alkanes) is 2. The van der Waals surface area contributed by atoms with Crippen molar-refractivity contribution < 1.29 is 4.79 Å². The number of hydrogen-bond acceptors (Lipinski definition) is 2. The van der Waals surface area contributed by atoms with Gasteiger partial charge in [0.1, 0.15) is 0 Å². The molecule has 1 aliphatic heterocycles. The molecule has 0 unspecified atom stereocenters. The van der Waals surface area contributed by atoms with Crippen molar-refractivity contribution in [1.29, 1.82) is 0 Å². The normalized spacial score (nSPS) is 19.0. The quantitative estimate of drug-likeness (QED) is 0.476. The Balaban J connectivity index is 1.75. The minimum absolute atomic E-state index is 0.258. The van der Waals surface area contributed by atoms with Crippen LogP contribution in [0.1, 0.15) is 83.1 Å². The molecule has 1 aromatic carbocycles. The molecule has 0 atom stereocenters. The van der Waals surface area contributed by atoms with Crippen molar-refractivity contribution in [2.75, 3.05) is 26.2 Å². The monoisotopic (exact) mass is 410 g/mol. The molecule has 1 saturated heterocycles. The molecule has 1 heterocycles. The van der Waals surface area contributed by atoms with Gasteiger partial charge < -0.3 is 10.2 Å². The smallest absolute Gasteiger partial charge is 0.225 e. The number of carbonyl (C=O) groups excluding carboxylic acids is 1. The van der Waals surface area contributed by atoms with E-state index in [0.717, 1.165) is 45.4 Å². The van der Waals surface area contributed by atoms with Crippen molar-refractivity contribution in [3.63, 3.8) is 0 Å². The largest absolute Gasteiger partial charge is 0.338 e. The van der Waals surface area contributed by atoms with E-state index in [1.165, 1.54) is 62.5 Å². The van der Waals surface area contributed by atoms with Crippen LogP contribution in [0.15, 0.2) is 35.9 Å². The third-order valence-electron chi connectivity index (χ3n) is 6.87. The van der Waals surface area contributed by atoms with E-state index in [1.807, 2.05) is 0 Å². The number of nitrogens with one attached hydrogen (secondary N) is 1. The zero-order valence-electron chi connectivity index (χ0n) is 19.1. The van der Waals surface area contributed by atoms with E-state index >= 15 is 0 Å². The van der Waals surface area contributed by atoms with E-state index < -0.39 is 0 Å². The fourth-order valence-electron chi connectivity index (χ4n) is 5.05. The second-order valence-corrected chi connectivity index (χ2v) is 9.42. The van der Waals surface area contributed by atoms with Crippen molar-refractivity contribution in [2.45, 2.75) is 77.6 Å². The Labute approximate surface area is 184 Å². The lowest BCUT2D eigenvalue weighted by molar-refractivity contribution is -0.137. The van der Waals surface area contributed by atoms with E-state index in [2.05, 4.69) is 53.5 Å². The maximum Gasteiger partial charge on any atom is 0.225 e. The Morgan fingerprint density at radius 3 is 2.47 bits per heavy atom. The molecule has 2 aliphatic rings. The van der Waals surface area contributed by atoms with E-state index in [0.29, 0.717) is 11.8 Å². The predicted octanol–water partition coefficient (Wildman–Crippen LogP) is 6.06. The molecule has 1 saturated carbocycles. The second-order valence-electron chi connectivity index (χ2n) is 9.42. The second kappa shape index (κ2) is 12.9. The van der Waals surface area contributed by atoms with Crippen molar-refractivity contribution in [3.8, 4) is 0 Å². The maximum atomic E-state index is 13.6. The average Bonchev–Trinajstić information content (AvgIpc) is 2.80. The topological polar surface area (TPSA) is 32.3 Å². The Bertz CT molecular complexity index is 642. The molecule has 0 aromatic heterocycles. The number of nitrogens with zero attached hydrogens (tertiary/aromatic N) is 1. The summed E-state index contributed by atoms with van der Waals surface area (Å²) in [5.41, 5.74) is 2.68. The van der Waals surface area contributed by atoms with Gasteiger partial charge in [0.15, 0.2) is 0 Å². The molecule has 2 fully saturated rings. The lowest BCUT2D eigenvalue weighted by Gasteiger charge is -2.34. The first-order valence-electron chi connectivity index (χ1n) is 12.5. The van der Waals surface area contributed by atoms with Crippen LogP contribution < -0.4 is 5.32 Å². The van der Waals surface area contributed by atoms with E-state index in [9.17, 15) is 4.79 Å². The van der Waals surface area contributed by atoms with Gasteiger partial charge >= 0.3 is 0 Å². The number of benzene rings is 1. The van der Waals surface area contributed by atoms with Crippen LogP contribution in [0, 0.1) is 11.8 Å². The molecule has 1 aromatic rings. The third-order valence-corrected chi connectivity index (χ3v) is 6.87. The van der Waals surface area contributed by atoms with Crippen molar-refractivity contribution in [3.05, 3.63) is 41.5 Å². The minimum Gasteiger partial charge on any atom is -0.338 e. The summed E-state index contributed by atoms with van der Waals surface area (Å²) in [4.78, 5) is 15.8. The zero-order valence-corrected chi connectivity index (χ0v) is 19.1. The number of hydrogen-bond donors (Lipinski definition) is 1. The predicted molar refractivity (Wildman–Crippen MR) is 127 cm³/mol. The molecular weight excluding hydrogens is 368 g/mol. The van der Waals surface area contributed by atoms with Crippen molar-refractivity contribution in [2.24, 2.45) is 11.8 Å². The minimum atomic E-state index is 0.258. The van der Waals surface area contributed by atoms with Crippen LogP contribution in [0.25, 0.3) is 6.08 Å². The fourth-order valence-corrected chi connectivity index (χ4v) is 5.05. The molecule has 1 aliphatic carbocycles. The van der Waals surface area contributed by atoms with Gasteiger partial charge in [0.05, 0.1) is 0 Å². The first-order chi connectivity index (χ1) is 14.8. The molecule has 3 rings (SSSR count). The number of carbonyl (C=O) groups is 1. The summed E-state index contributed by atoms with van der Waals surface area (Å²) >= 11 is 0. The van der Waals surface area contributed by atoms with Gasteiger partial charge in [0.25, 0.3) is 0 Å². The van der Waals surface area contributed by atoms with Gasteiger partial charge in [0, 0.05) is 19.0 Å². The van der Waals surface area contributed by atoms with E-state index in [1.54, 1.807) is 0 Å². The lowest BCUT2D eigenvalue weighted by Crippen LogP contribution is -2.43. The molecule has 0 radical (unpaired) electrons. The van der Waals surface area contributed by atoms with Crippen LogP contribution in [0.3, 0.4) is 0 Å². The lowest BCUT2D eigenvalue weighted by atomic mass is 9.87. The number of amides is 1. The van der Waals surface area contributed by atoms with E-state index in [-0.39, 0.29) is 5.92 Å². The standard InChI is InChI=1S/C27H42N2O/c1-2-3-6-13-25(20-23-11-7-4-8-12-23)22-29(21-24-16-18-28-19-17-24)27(30)26-14-9-5-10-15-26/h4,7-8,11-12,20,24,26,28H,2-3,5-6,9-10,13-19,21-22H2,1H3/b25-20+. The summed E-state index contributed by atoms with van der Waals surface area (Å²) in [6, 6.07) is 10.6. The number of rotatable bonds is 10. The summed E-state index contributed by atoms with van der Waals surface area (Å²) < 4.78 is 0. The Morgan fingerprint density at radius 1 is 1.03 bits per heavy atom. The molecule has 166 valence electrons. The van der Waals surface area contributed by atoms with Gasteiger partial charge in [-0.05, 0) is 63.1 Å². The van der Waals surface area contributed by atoms with Gasteiger partial charge in [-0.2, -0.15) is 0 Å². The van der Waals surface area contributed by atoms with Gasteiger partial charge in [-0.1, -0.05) is 81.0 Å². The SMILES string of the molecule is CCCCC/C(=C\c1ccccc1)CN(CC1CCNCC1)C(=O)C1CCCCC1. The Morgan fingerprint density at radius 2 is 1.77 bits per heavy atom. The van der Waals surface area contributed by atoms with Crippen LogP contribution in [0.5, 0.6) is 0 Å². The van der Waals surface area contributed by atoms with Crippen molar-refractivity contribution in [1.82, 2.24) is 10.2 Å². The van der Waals surface area contributed by atoms with Crippen LogP contribution in [-0.4, -0.2) is 37.0 Å². The van der Waals surface area contributed by atoms with Gasteiger partial charge in [-0.15, -0.1) is 0 Å². The summed E-state index contributed by atoms with van der Waals surface area (Å²) in [6.45, 7) is 6.21. The van der Waals surface area contributed by atoms with Crippen LogP contribution >= 0.6 is 0 Å². The van der Waals surface area contributed by atoms with Crippen LogP contribution in [-0.2, 0) is 4.79 Å². The molecule has 3 heteroatoms. The van der Waals surface area contributed by atoms with Gasteiger partial charge in [0.2, 0.25) is 5.91 Å². The summed E-state index contributed by atoms with van der Waals surface area (Å²) in [5, 5.41) is 3.47. The Hall–Kier alpha value is -1.61. The fraction of sp³-hybridized carbons (Fsp3) is 0.667. The highest BCUT2D eigenvalue weighted by Crippen LogP contribution is 2.27.